The number of aliphatic carboxylic acids is 1. The zero-order chi connectivity index (χ0) is 15.2. The number of carbonyl (C=O) groups excluding carboxylic acids is 1. The number of carboxylic acids is 1. The maximum atomic E-state index is 12.1. The molecule has 2 amide bonds. The third-order valence-electron chi connectivity index (χ3n) is 4.01. The molecule has 7 nitrogen and oxygen atoms in total. The van der Waals surface area contributed by atoms with Gasteiger partial charge in [-0.05, 0) is 24.7 Å². The number of aromatic amines is 1. The molecule has 1 saturated heterocycles. The van der Waals surface area contributed by atoms with E-state index in [1.807, 2.05) is 6.92 Å². The first-order valence-electron chi connectivity index (χ1n) is 7.29. The molecule has 2 atom stereocenters. The molecule has 2 heterocycles. The maximum absolute atomic E-state index is 12.1. The molecule has 0 bridgehead atoms. The zero-order valence-corrected chi connectivity index (χ0v) is 12.2. The number of carboxylic acid groups (broad SMARTS) is 1. The van der Waals surface area contributed by atoms with Crippen molar-refractivity contribution in [2.24, 2.45) is 11.8 Å². The van der Waals surface area contributed by atoms with E-state index in [0.717, 1.165) is 25.2 Å². The predicted octanol–water partition coefficient (Wildman–Crippen LogP) is 1.44. The van der Waals surface area contributed by atoms with E-state index >= 15 is 0 Å². The van der Waals surface area contributed by atoms with Crippen molar-refractivity contribution in [1.82, 2.24) is 20.2 Å². The fourth-order valence-corrected chi connectivity index (χ4v) is 2.77. The van der Waals surface area contributed by atoms with Gasteiger partial charge in [-0.2, -0.15) is 0 Å². The third-order valence-corrected chi connectivity index (χ3v) is 4.01. The molecule has 2 unspecified atom stereocenters. The molecule has 0 saturated carbocycles. The normalized spacial score (nSPS) is 20.0. The molecular formula is C14H22N4O3. The number of hydrogen-bond acceptors (Lipinski definition) is 3. The molecule has 21 heavy (non-hydrogen) atoms. The molecule has 2 rings (SSSR count). The van der Waals surface area contributed by atoms with Crippen LogP contribution in [-0.4, -0.2) is 45.1 Å². The molecule has 0 aromatic carbocycles. The predicted molar refractivity (Wildman–Crippen MR) is 76.5 cm³/mol. The summed E-state index contributed by atoms with van der Waals surface area (Å²) in [4.78, 5) is 31.7. The Labute approximate surface area is 123 Å². The fourth-order valence-electron chi connectivity index (χ4n) is 2.77. The molecule has 0 aliphatic carbocycles. The van der Waals surface area contributed by atoms with E-state index in [0.29, 0.717) is 13.1 Å². The summed E-state index contributed by atoms with van der Waals surface area (Å²) in [5.41, 5.74) is 0. The van der Waals surface area contributed by atoms with E-state index in [2.05, 4.69) is 15.3 Å². The molecule has 3 N–H and O–H groups in total. The second kappa shape index (κ2) is 7.10. The molecule has 1 aliphatic heterocycles. The average Bonchev–Trinajstić information content (AvgIpc) is 2.97. The zero-order valence-electron chi connectivity index (χ0n) is 12.2. The molecule has 7 heteroatoms. The Bertz CT molecular complexity index is 475. The number of nitrogens with one attached hydrogen (secondary N) is 2. The van der Waals surface area contributed by atoms with E-state index in [4.69, 9.17) is 5.11 Å². The number of hydrogen-bond donors (Lipinski definition) is 3. The summed E-state index contributed by atoms with van der Waals surface area (Å²) in [7, 11) is 0. The second-order valence-corrected chi connectivity index (χ2v) is 5.62. The standard InChI is InChI=1S/C14H22N4O3/c1-10(7-13(19)20)11-3-2-6-18(9-11)14(21)17-8-12-15-4-5-16-12/h4-5,10-11H,2-3,6-9H2,1H3,(H,15,16)(H,17,21)(H,19,20). The van der Waals surface area contributed by atoms with Crippen molar-refractivity contribution >= 4 is 12.0 Å². The summed E-state index contributed by atoms with van der Waals surface area (Å²) in [6.07, 6.45) is 5.42. The van der Waals surface area contributed by atoms with Crippen LogP contribution in [0, 0.1) is 11.8 Å². The molecule has 1 aliphatic rings. The van der Waals surface area contributed by atoms with Crippen LogP contribution in [0.5, 0.6) is 0 Å². The van der Waals surface area contributed by atoms with Gasteiger partial charge in [-0.15, -0.1) is 0 Å². The highest BCUT2D eigenvalue weighted by Gasteiger charge is 2.28. The summed E-state index contributed by atoms with van der Waals surface area (Å²) in [5.74, 6) is 0.283. The van der Waals surface area contributed by atoms with Crippen molar-refractivity contribution in [2.45, 2.75) is 32.7 Å². The number of imidazole rings is 1. The van der Waals surface area contributed by atoms with Crippen molar-refractivity contribution < 1.29 is 14.7 Å². The molecule has 1 fully saturated rings. The summed E-state index contributed by atoms with van der Waals surface area (Å²) in [5, 5.41) is 11.7. The van der Waals surface area contributed by atoms with Gasteiger partial charge in [0.25, 0.3) is 0 Å². The lowest BCUT2D eigenvalue weighted by Gasteiger charge is -2.35. The van der Waals surface area contributed by atoms with E-state index < -0.39 is 5.97 Å². The number of aromatic nitrogens is 2. The quantitative estimate of drug-likeness (QED) is 0.765. The van der Waals surface area contributed by atoms with Crippen LogP contribution in [0.15, 0.2) is 12.4 Å². The Hall–Kier alpha value is -2.05. The monoisotopic (exact) mass is 294 g/mol. The number of amides is 2. The van der Waals surface area contributed by atoms with Crippen LogP contribution in [0.1, 0.15) is 32.0 Å². The molecular weight excluding hydrogens is 272 g/mol. The van der Waals surface area contributed by atoms with Gasteiger partial charge in [0.15, 0.2) is 0 Å². The van der Waals surface area contributed by atoms with E-state index in [1.54, 1.807) is 17.3 Å². The molecule has 1 aromatic rings. The minimum atomic E-state index is -0.776. The summed E-state index contributed by atoms with van der Waals surface area (Å²) in [6.45, 7) is 3.67. The van der Waals surface area contributed by atoms with E-state index in [9.17, 15) is 9.59 Å². The Balaban J connectivity index is 1.82. The van der Waals surface area contributed by atoms with Crippen molar-refractivity contribution in [3.8, 4) is 0 Å². The van der Waals surface area contributed by atoms with Gasteiger partial charge in [0.2, 0.25) is 0 Å². The van der Waals surface area contributed by atoms with Gasteiger partial charge in [-0.3, -0.25) is 4.79 Å². The Morgan fingerprint density at radius 1 is 1.62 bits per heavy atom. The molecule has 116 valence electrons. The van der Waals surface area contributed by atoms with Gasteiger partial charge in [-0.1, -0.05) is 6.92 Å². The lowest BCUT2D eigenvalue weighted by atomic mass is 9.85. The minimum Gasteiger partial charge on any atom is -0.481 e. The lowest BCUT2D eigenvalue weighted by molar-refractivity contribution is -0.138. The van der Waals surface area contributed by atoms with Crippen molar-refractivity contribution in [1.29, 1.82) is 0 Å². The smallest absolute Gasteiger partial charge is 0.317 e. The van der Waals surface area contributed by atoms with Crippen molar-refractivity contribution in [3.63, 3.8) is 0 Å². The molecule has 0 radical (unpaired) electrons. The van der Waals surface area contributed by atoms with Gasteiger partial charge in [0.1, 0.15) is 5.82 Å². The number of piperidine rings is 1. The van der Waals surface area contributed by atoms with Crippen LogP contribution in [0.4, 0.5) is 4.79 Å². The highest BCUT2D eigenvalue weighted by Crippen LogP contribution is 2.26. The van der Waals surface area contributed by atoms with E-state index in [-0.39, 0.29) is 24.3 Å². The summed E-state index contributed by atoms with van der Waals surface area (Å²) in [6, 6.07) is -0.112. The van der Waals surface area contributed by atoms with Gasteiger partial charge >= 0.3 is 12.0 Å². The first-order valence-corrected chi connectivity index (χ1v) is 7.29. The van der Waals surface area contributed by atoms with Crippen LogP contribution in [0.25, 0.3) is 0 Å². The highest BCUT2D eigenvalue weighted by atomic mass is 16.4. The van der Waals surface area contributed by atoms with Gasteiger partial charge in [0, 0.05) is 31.9 Å². The van der Waals surface area contributed by atoms with Gasteiger partial charge < -0.3 is 20.3 Å². The highest BCUT2D eigenvalue weighted by molar-refractivity contribution is 5.74. The minimum absolute atomic E-state index is 0.0863. The van der Waals surface area contributed by atoms with Crippen LogP contribution >= 0.6 is 0 Å². The number of H-pyrrole nitrogens is 1. The Morgan fingerprint density at radius 2 is 2.43 bits per heavy atom. The number of rotatable bonds is 5. The topological polar surface area (TPSA) is 98.3 Å². The largest absolute Gasteiger partial charge is 0.481 e. The van der Waals surface area contributed by atoms with Gasteiger partial charge in [-0.25, -0.2) is 9.78 Å². The first kappa shape index (κ1) is 15.3. The second-order valence-electron chi connectivity index (χ2n) is 5.62. The van der Waals surface area contributed by atoms with Crippen LogP contribution < -0.4 is 5.32 Å². The number of urea groups is 1. The number of nitrogens with zero attached hydrogens (tertiary/aromatic N) is 2. The fraction of sp³-hybridized carbons (Fsp3) is 0.643. The lowest BCUT2D eigenvalue weighted by Crippen LogP contribution is -2.46. The third kappa shape index (κ3) is 4.47. The van der Waals surface area contributed by atoms with Crippen molar-refractivity contribution in [2.75, 3.05) is 13.1 Å². The molecule has 0 spiro atoms. The van der Waals surface area contributed by atoms with Gasteiger partial charge in [0.05, 0.1) is 6.54 Å². The van der Waals surface area contributed by atoms with Crippen LogP contribution in [0.3, 0.4) is 0 Å². The number of carbonyl (C=O) groups is 2. The average molecular weight is 294 g/mol. The summed E-state index contributed by atoms with van der Waals surface area (Å²) < 4.78 is 0. The Kier molecular flexibility index (Phi) is 5.19. The van der Waals surface area contributed by atoms with Crippen molar-refractivity contribution in [3.05, 3.63) is 18.2 Å². The van der Waals surface area contributed by atoms with E-state index in [1.165, 1.54) is 0 Å². The van der Waals surface area contributed by atoms with Crippen LogP contribution in [-0.2, 0) is 11.3 Å². The number of likely N-dealkylation sites (tertiary alicyclic amines) is 1. The SMILES string of the molecule is CC(CC(=O)O)C1CCCN(C(=O)NCc2ncc[nH]2)C1. The Morgan fingerprint density at radius 3 is 3.10 bits per heavy atom. The van der Waals surface area contributed by atoms with Crippen LogP contribution in [0.2, 0.25) is 0 Å². The summed E-state index contributed by atoms with van der Waals surface area (Å²) >= 11 is 0. The maximum Gasteiger partial charge on any atom is 0.317 e. The first-order chi connectivity index (χ1) is 10.1. The molecule has 1 aromatic heterocycles.